The summed E-state index contributed by atoms with van der Waals surface area (Å²) in [5, 5.41) is 10.7. The van der Waals surface area contributed by atoms with Gasteiger partial charge in [-0.3, -0.25) is 0 Å². The number of aromatic nitrogens is 3. The lowest BCUT2D eigenvalue weighted by molar-refractivity contribution is 0.327. The van der Waals surface area contributed by atoms with Crippen molar-refractivity contribution in [1.29, 1.82) is 0 Å². The fourth-order valence-corrected chi connectivity index (χ4v) is 3.75. The predicted octanol–water partition coefficient (Wildman–Crippen LogP) is 4.83. The van der Waals surface area contributed by atoms with Crippen molar-refractivity contribution in [1.82, 2.24) is 15.2 Å². The van der Waals surface area contributed by atoms with Crippen molar-refractivity contribution in [2.45, 2.75) is 6.92 Å². The van der Waals surface area contributed by atoms with E-state index in [9.17, 15) is 0 Å². The maximum Gasteiger partial charge on any atom is 0.241 e. The van der Waals surface area contributed by atoms with Crippen LogP contribution in [0.15, 0.2) is 54.6 Å². The van der Waals surface area contributed by atoms with E-state index in [1.807, 2.05) is 49.4 Å². The molecule has 0 saturated carbocycles. The van der Waals surface area contributed by atoms with Crippen LogP contribution in [0.5, 0.6) is 11.8 Å². The van der Waals surface area contributed by atoms with Gasteiger partial charge in [0.05, 0.1) is 29.2 Å². The summed E-state index contributed by atoms with van der Waals surface area (Å²) in [6, 6.07) is 17.9. The third-order valence-corrected chi connectivity index (χ3v) is 5.07. The molecule has 0 bridgehead atoms. The predicted molar refractivity (Wildman–Crippen MR) is 104 cm³/mol. The second kappa shape index (κ2) is 7.09. The molecule has 0 amide bonds. The molecule has 130 valence electrons. The molecule has 4 rings (SSSR count). The van der Waals surface area contributed by atoms with Crippen molar-refractivity contribution in [2.24, 2.45) is 0 Å². The van der Waals surface area contributed by atoms with Gasteiger partial charge in [-0.15, -0.1) is 21.5 Å². The highest BCUT2D eigenvalue weighted by atomic mass is 32.1. The SMILES string of the molecule is CCOc1nnc(-c2ccc(-c3cccc(OC)n3)s2)c2ccccc12. The van der Waals surface area contributed by atoms with Gasteiger partial charge in [0.1, 0.15) is 5.69 Å². The van der Waals surface area contributed by atoms with E-state index >= 15 is 0 Å². The third kappa shape index (κ3) is 2.99. The van der Waals surface area contributed by atoms with Crippen LogP contribution in [0.4, 0.5) is 0 Å². The van der Waals surface area contributed by atoms with E-state index in [-0.39, 0.29) is 0 Å². The van der Waals surface area contributed by atoms with Gasteiger partial charge in [-0.1, -0.05) is 24.3 Å². The lowest BCUT2D eigenvalue weighted by atomic mass is 10.1. The van der Waals surface area contributed by atoms with Crippen molar-refractivity contribution in [3.05, 3.63) is 54.6 Å². The van der Waals surface area contributed by atoms with E-state index < -0.39 is 0 Å². The number of benzene rings is 1. The number of thiophene rings is 1. The van der Waals surface area contributed by atoms with Gasteiger partial charge in [-0.25, -0.2) is 4.98 Å². The van der Waals surface area contributed by atoms with Gasteiger partial charge in [-0.05, 0) is 31.2 Å². The molecule has 0 atom stereocenters. The zero-order valence-corrected chi connectivity index (χ0v) is 15.3. The molecule has 0 saturated heterocycles. The molecule has 3 aromatic heterocycles. The number of methoxy groups -OCH3 is 1. The maximum absolute atomic E-state index is 5.62. The van der Waals surface area contributed by atoms with Crippen LogP contribution < -0.4 is 9.47 Å². The summed E-state index contributed by atoms with van der Waals surface area (Å²) in [6.07, 6.45) is 0. The molecule has 6 heteroatoms. The van der Waals surface area contributed by atoms with Crippen LogP contribution in [0.3, 0.4) is 0 Å². The molecule has 0 unspecified atom stereocenters. The number of rotatable bonds is 5. The largest absolute Gasteiger partial charge is 0.481 e. The van der Waals surface area contributed by atoms with Crippen LogP contribution in [0.2, 0.25) is 0 Å². The second-order valence-corrected chi connectivity index (χ2v) is 6.65. The van der Waals surface area contributed by atoms with Gasteiger partial charge >= 0.3 is 0 Å². The molecule has 4 aromatic rings. The summed E-state index contributed by atoms with van der Waals surface area (Å²) >= 11 is 1.63. The fraction of sp³-hybridized carbons (Fsp3) is 0.150. The Morgan fingerprint density at radius 1 is 0.885 bits per heavy atom. The van der Waals surface area contributed by atoms with Crippen molar-refractivity contribution in [3.63, 3.8) is 0 Å². The number of fused-ring (bicyclic) bond motifs is 1. The van der Waals surface area contributed by atoms with Gasteiger partial charge in [0.2, 0.25) is 11.8 Å². The van der Waals surface area contributed by atoms with Crippen molar-refractivity contribution >= 4 is 22.1 Å². The van der Waals surface area contributed by atoms with E-state index in [2.05, 4.69) is 27.3 Å². The summed E-state index contributed by atoms with van der Waals surface area (Å²) < 4.78 is 10.8. The molecule has 0 aliphatic heterocycles. The fourth-order valence-electron chi connectivity index (χ4n) is 2.77. The lowest BCUT2D eigenvalue weighted by Crippen LogP contribution is -1.98. The lowest BCUT2D eigenvalue weighted by Gasteiger charge is -2.08. The molecule has 3 heterocycles. The first-order chi connectivity index (χ1) is 12.8. The Hall–Kier alpha value is -2.99. The van der Waals surface area contributed by atoms with Gasteiger partial charge in [0, 0.05) is 16.8 Å². The Labute approximate surface area is 155 Å². The van der Waals surface area contributed by atoms with E-state index in [0.29, 0.717) is 18.4 Å². The second-order valence-electron chi connectivity index (χ2n) is 5.56. The summed E-state index contributed by atoms with van der Waals surface area (Å²) in [5.74, 6) is 1.17. The quantitative estimate of drug-likeness (QED) is 0.508. The number of ether oxygens (including phenoxy) is 2. The summed E-state index contributed by atoms with van der Waals surface area (Å²) in [5.41, 5.74) is 1.73. The molecule has 1 aromatic carbocycles. The molecule has 26 heavy (non-hydrogen) atoms. The minimum Gasteiger partial charge on any atom is -0.481 e. The Bertz CT molecular complexity index is 1060. The number of hydrogen-bond donors (Lipinski definition) is 0. The van der Waals surface area contributed by atoms with Crippen LogP contribution >= 0.6 is 11.3 Å². The highest BCUT2D eigenvalue weighted by Gasteiger charge is 2.14. The van der Waals surface area contributed by atoms with Gasteiger partial charge in [-0.2, -0.15) is 0 Å². The van der Waals surface area contributed by atoms with Crippen molar-refractivity contribution in [2.75, 3.05) is 13.7 Å². The number of hydrogen-bond acceptors (Lipinski definition) is 6. The standard InChI is InChI=1S/C20H17N3O2S/c1-3-25-20-14-8-5-4-7-13(14)19(22-23-20)17-12-11-16(26-17)15-9-6-10-18(21-15)24-2/h4-12H,3H2,1-2H3. The Balaban J connectivity index is 1.79. The molecular weight excluding hydrogens is 346 g/mol. The molecule has 0 fully saturated rings. The molecule has 0 aliphatic rings. The van der Waals surface area contributed by atoms with Crippen LogP contribution in [0.25, 0.3) is 31.9 Å². The van der Waals surface area contributed by atoms with E-state index in [4.69, 9.17) is 9.47 Å². The molecule has 5 nitrogen and oxygen atoms in total. The van der Waals surface area contributed by atoms with Crippen LogP contribution in [0.1, 0.15) is 6.92 Å². The molecule has 0 N–H and O–H groups in total. The monoisotopic (exact) mass is 363 g/mol. The third-order valence-electron chi connectivity index (χ3n) is 3.96. The maximum atomic E-state index is 5.62. The average Bonchev–Trinajstić information content (AvgIpc) is 3.18. The first-order valence-electron chi connectivity index (χ1n) is 8.30. The van der Waals surface area contributed by atoms with E-state index in [1.165, 1.54) is 0 Å². The minimum absolute atomic E-state index is 0.558. The van der Waals surface area contributed by atoms with Gasteiger partial charge < -0.3 is 9.47 Å². The zero-order valence-electron chi connectivity index (χ0n) is 14.5. The van der Waals surface area contributed by atoms with Crippen LogP contribution in [-0.4, -0.2) is 28.9 Å². The van der Waals surface area contributed by atoms with Crippen LogP contribution in [-0.2, 0) is 0 Å². The number of nitrogens with zero attached hydrogens (tertiary/aromatic N) is 3. The minimum atomic E-state index is 0.558. The molecule has 0 aliphatic carbocycles. The molecule has 0 spiro atoms. The highest BCUT2D eigenvalue weighted by Crippen LogP contribution is 2.37. The summed E-state index contributed by atoms with van der Waals surface area (Å²) in [6.45, 7) is 2.50. The van der Waals surface area contributed by atoms with Crippen molar-refractivity contribution in [3.8, 4) is 32.9 Å². The van der Waals surface area contributed by atoms with Gasteiger partial charge in [0.25, 0.3) is 0 Å². The van der Waals surface area contributed by atoms with Gasteiger partial charge in [0.15, 0.2) is 0 Å². The van der Waals surface area contributed by atoms with E-state index in [0.717, 1.165) is 31.9 Å². The summed E-state index contributed by atoms with van der Waals surface area (Å²) in [4.78, 5) is 6.59. The smallest absolute Gasteiger partial charge is 0.241 e. The van der Waals surface area contributed by atoms with Crippen LogP contribution in [0, 0.1) is 0 Å². The topological polar surface area (TPSA) is 57.1 Å². The Morgan fingerprint density at radius 3 is 2.50 bits per heavy atom. The zero-order chi connectivity index (χ0) is 17.9. The first kappa shape index (κ1) is 16.5. The normalized spacial score (nSPS) is 10.8. The Morgan fingerprint density at radius 2 is 1.69 bits per heavy atom. The summed E-state index contributed by atoms with van der Waals surface area (Å²) in [7, 11) is 1.62. The van der Waals surface area contributed by atoms with Crippen molar-refractivity contribution < 1.29 is 9.47 Å². The first-order valence-corrected chi connectivity index (χ1v) is 9.11. The van der Waals surface area contributed by atoms with E-state index in [1.54, 1.807) is 18.4 Å². The average molecular weight is 363 g/mol. The highest BCUT2D eigenvalue weighted by molar-refractivity contribution is 7.18. The molecular formula is C20H17N3O2S. The number of pyridine rings is 1. The molecule has 0 radical (unpaired) electrons. The Kier molecular flexibility index (Phi) is 4.50.